The Hall–Kier alpha value is 0.650. The zero-order valence-electron chi connectivity index (χ0n) is 5.61. The maximum absolute atomic E-state index is 5.29. The molecule has 0 radical (unpaired) electrons. The zero-order chi connectivity index (χ0) is 6.95. The van der Waals surface area contributed by atoms with E-state index in [9.17, 15) is 0 Å². The van der Waals surface area contributed by atoms with Crippen molar-refractivity contribution >= 4 is 22.6 Å². The van der Waals surface area contributed by atoms with Gasteiger partial charge in [-0.3, -0.25) is 0 Å². The van der Waals surface area contributed by atoms with Crippen molar-refractivity contribution in [3.63, 3.8) is 0 Å². The molecule has 0 aromatic heterocycles. The molecule has 0 saturated heterocycles. The molecule has 0 aromatic carbocycles. The van der Waals surface area contributed by atoms with Crippen LogP contribution in [0.1, 0.15) is 12.8 Å². The third kappa shape index (κ3) is 8.65. The third-order valence-electron chi connectivity index (χ3n) is 0.964. The minimum absolute atomic E-state index is 0.785. The molecule has 56 valence electrons. The predicted molar refractivity (Wildman–Crippen MR) is 48.0 cm³/mol. The number of rotatable bonds is 6. The van der Waals surface area contributed by atoms with E-state index in [1.165, 1.54) is 0 Å². The molecule has 2 N–H and O–H groups in total. The fourth-order valence-electron chi connectivity index (χ4n) is 0.505. The number of ether oxygens (including phenoxy) is 1. The highest BCUT2D eigenvalue weighted by Gasteiger charge is 1.85. The number of hydrogen-bond acceptors (Lipinski definition) is 2. The number of nitrogens with two attached hydrogens (primary N) is 1. The molecule has 0 rings (SSSR count). The van der Waals surface area contributed by atoms with Crippen molar-refractivity contribution in [3.8, 4) is 0 Å². The Morgan fingerprint density at radius 3 is 2.56 bits per heavy atom. The van der Waals surface area contributed by atoms with Crippen LogP contribution in [0, 0.1) is 0 Å². The van der Waals surface area contributed by atoms with E-state index < -0.39 is 0 Å². The highest BCUT2D eigenvalue weighted by atomic mass is 127. The minimum atomic E-state index is 0.785. The van der Waals surface area contributed by atoms with E-state index in [1.54, 1.807) is 0 Å². The lowest BCUT2D eigenvalue weighted by atomic mass is 10.3. The second-order valence-corrected chi connectivity index (χ2v) is 2.88. The summed E-state index contributed by atoms with van der Waals surface area (Å²) in [5.74, 6) is 0. The van der Waals surface area contributed by atoms with Crippen LogP contribution in [0.4, 0.5) is 0 Å². The van der Waals surface area contributed by atoms with Crippen LogP contribution in [-0.2, 0) is 4.74 Å². The largest absolute Gasteiger partial charge is 0.381 e. The summed E-state index contributed by atoms with van der Waals surface area (Å²) in [5.41, 5.74) is 5.29. The van der Waals surface area contributed by atoms with Gasteiger partial charge in [0.15, 0.2) is 0 Å². The lowest BCUT2D eigenvalue weighted by Crippen LogP contribution is -2.02. The summed E-state index contributed by atoms with van der Waals surface area (Å²) in [7, 11) is 0. The molecule has 0 aliphatic carbocycles. The van der Waals surface area contributed by atoms with Gasteiger partial charge < -0.3 is 10.5 Å². The normalized spacial score (nSPS) is 10.0. The standard InChI is InChI=1S/C6H14INO/c7-3-6-9-5-2-1-4-8/h1-6,8H2. The fraction of sp³-hybridized carbons (Fsp3) is 1.00. The second-order valence-electron chi connectivity index (χ2n) is 1.80. The fourth-order valence-corrected chi connectivity index (χ4v) is 0.816. The molecule has 2 nitrogen and oxygen atoms in total. The van der Waals surface area contributed by atoms with Crippen molar-refractivity contribution in [2.75, 3.05) is 24.2 Å². The Kier molecular flexibility index (Phi) is 9.27. The van der Waals surface area contributed by atoms with E-state index in [1.807, 2.05) is 0 Å². The van der Waals surface area contributed by atoms with Crippen molar-refractivity contribution in [2.24, 2.45) is 5.73 Å². The minimum Gasteiger partial charge on any atom is -0.381 e. The Bertz CT molecular complexity index is 46.3. The van der Waals surface area contributed by atoms with Gasteiger partial charge in [0, 0.05) is 11.0 Å². The molecule has 0 fully saturated rings. The van der Waals surface area contributed by atoms with Crippen LogP contribution in [0.3, 0.4) is 0 Å². The molecule has 0 aliphatic heterocycles. The quantitative estimate of drug-likeness (QED) is 0.432. The smallest absolute Gasteiger partial charge is 0.0555 e. The Balaban J connectivity index is 2.60. The average molecular weight is 243 g/mol. The molecule has 0 aliphatic rings. The van der Waals surface area contributed by atoms with Gasteiger partial charge in [0.25, 0.3) is 0 Å². The molecule has 0 atom stereocenters. The first-order valence-electron chi connectivity index (χ1n) is 3.25. The second kappa shape index (κ2) is 8.65. The van der Waals surface area contributed by atoms with Crippen LogP contribution in [0.2, 0.25) is 0 Å². The topological polar surface area (TPSA) is 35.2 Å². The third-order valence-corrected chi connectivity index (χ3v) is 1.40. The predicted octanol–water partition coefficient (Wildman–Crippen LogP) is 1.18. The highest BCUT2D eigenvalue weighted by Crippen LogP contribution is 1.88. The summed E-state index contributed by atoms with van der Waals surface area (Å²) in [6.07, 6.45) is 2.19. The van der Waals surface area contributed by atoms with Crippen molar-refractivity contribution in [3.05, 3.63) is 0 Å². The maximum Gasteiger partial charge on any atom is 0.0555 e. The summed E-state index contributed by atoms with van der Waals surface area (Å²) < 4.78 is 6.31. The van der Waals surface area contributed by atoms with Crippen LogP contribution in [0.25, 0.3) is 0 Å². The molecule has 0 unspecified atom stereocenters. The van der Waals surface area contributed by atoms with Gasteiger partial charge in [-0.05, 0) is 19.4 Å². The highest BCUT2D eigenvalue weighted by molar-refractivity contribution is 14.1. The van der Waals surface area contributed by atoms with E-state index in [0.29, 0.717) is 0 Å². The summed E-state index contributed by atoms with van der Waals surface area (Å²) in [6.45, 7) is 2.54. The van der Waals surface area contributed by atoms with Crippen LogP contribution < -0.4 is 5.73 Å². The lowest BCUT2D eigenvalue weighted by Gasteiger charge is -1.98. The summed E-state index contributed by atoms with van der Waals surface area (Å²) in [6, 6.07) is 0. The van der Waals surface area contributed by atoms with E-state index in [4.69, 9.17) is 10.5 Å². The molecule has 3 heteroatoms. The first-order chi connectivity index (χ1) is 4.41. The van der Waals surface area contributed by atoms with Gasteiger partial charge in [-0.1, -0.05) is 22.6 Å². The molecule has 0 saturated carbocycles. The first-order valence-corrected chi connectivity index (χ1v) is 4.78. The van der Waals surface area contributed by atoms with Gasteiger partial charge in [-0.15, -0.1) is 0 Å². The van der Waals surface area contributed by atoms with Gasteiger partial charge in [0.1, 0.15) is 0 Å². The Morgan fingerprint density at radius 1 is 1.22 bits per heavy atom. The van der Waals surface area contributed by atoms with Crippen molar-refractivity contribution in [1.29, 1.82) is 0 Å². The van der Waals surface area contributed by atoms with Gasteiger partial charge in [-0.2, -0.15) is 0 Å². The van der Waals surface area contributed by atoms with E-state index in [-0.39, 0.29) is 0 Å². The van der Waals surface area contributed by atoms with Crippen LogP contribution in [0.15, 0.2) is 0 Å². The molecule has 0 heterocycles. The van der Waals surface area contributed by atoms with Crippen LogP contribution in [-0.4, -0.2) is 24.2 Å². The van der Waals surface area contributed by atoms with Crippen molar-refractivity contribution in [2.45, 2.75) is 12.8 Å². The number of halogens is 1. The summed E-state index contributed by atoms with van der Waals surface area (Å²) >= 11 is 2.30. The van der Waals surface area contributed by atoms with E-state index >= 15 is 0 Å². The molecule has 0 aromatic rings. The Morgan fingerprint density at radius 2 is 2.00 bits per heavy atom. The van der Waals surface area contributed by atoms with Gasteiger partial charge >= 0.3 is 0 Å². The van der Waals surface area contributed by atoms with Crippen molar-refractivity contribution < 1.29 is 4.74 Å². The number of alkyl halides is 1. The van der Waals surface area contributed by atoms with Crippen LogP contribution in [0.5, 0.6) is 0 Å². The van der Waals surface area contributed by atoms with Crippen LogP contribution >= 0.6 is 22.6 Å². The monoisotopic (exact) mass is 243 g/mol. The maximum atomic E-state index is 5.29. The Labute approximate surface area is 70.3 Å². The molecule has 0 spiro atoms. The summed E-state index contributed by atoms with van der Waals surface area (Å²) in [4.78, 5) is 0. The van der Waals surface area contributed by atoms with Gasteiger partial charge in [0.05, 0.1) is 6.61 Å². The van der Waals surface area contributed by atoms with Crippen molar-refractivity contribution in [1.82, 2.24) is 0 Å². The summed E-state index contributed by atoms with van der Waals surface area (Å²) in [5, 5.41) is 0. The SMILES string of the molecule is NCCCCOCCI. The lowest BCUT2D eigenvalue weighted by molar-refractivity contribution is 0.148. The molecular weight excluding hydrogens is 229 g/mol. The van der Waals surface area contributed by atoms with E-state index in [0.717, 1.165) is 37.0 Å². The molecular formula is C6H14INO. The zero-order valence-corrected chi connectivity index (χ0v) is 7.76. The molecule has 0 amide bonds. The molecule has 0 bridgehead atoms. The van der Waals surface area contributed by atoms with Gasteiger partial charge in [0.2, 0.25) is 0 Å². The molecule has 9 heavy (non-hydrogen) atoms. The van der Waals surface area contributed by atoms with Gasteiger partial charge in [-0.25, -0.2) is 0 Å². The average Bonchev–Trinajstić information content (AvgIpc) is 1.89. The number of unbranched alkanes of at least 4 members (excludes halogenated alkanes) is 1. The first kappa shape index (κ1) is 9.65. The van der Waals surface area contributed by atoms with E-state index in [2.05, 4.69) is 22.6 Å². The number of hydrogen-bond donors (Lipinski definition) is 1.